The molecule has 16 heteroatoms. The largest absolute Gasteiger partial charge is 0.417 e. The third-order valence-electron chi connectivity index (χ3n) is 10.0. The molecule has 0 saturated carbocycles. The molecular weight excluding hydrogens is 837 g/mol. The highest BCUT2D eigenvalue weighted by Crippen LogP contribution is 2.52. The van der Waals surface area contributed by atoms with Crippen molar-refractivity contribution >= 4 is 11.4 Å². The molecule has 2 heterocycles. The molecular formula is C46H26F12N4. The second-order valence-electron chi connectivity index (χ2n) is 14.0. The average molecular weight is 863 g/mol. The van der Waals surface area contributed by atoms with Crippen LogP contribution in [0.4, 0.5) is 52.7 Å². The van der Waals surface area contributed by atoms with Gasteiger partial charge in [-0.2, -0.15) is 52.7 Å². The minimum absolute atomic E-state index is 0.116. The second kappa shape index (κ2) is 15.2. The summed E-state index contributed by atoms with van der Waals surface area (Å²) < 4.78 is 178. The number of alkyl halides is 12. The molecule has 7 aromatic rings. The van der Waals surface area contributed by atoms with Crippen LogP contribution in [-0.2, 0) is 30.5 Å². The molecule has 0 N–H and O–H groups in total. The van der Waals surface area contributed by atoms with E-state index in [9.17, 15) is 26.3 Å². The number of imidazole rings is 1. The lowest BCUT2D eigenvalue weighted by molar-refractivity contribution is -0.145. The smallest absolute Gasteiger partial charge is 0.275 e. The molecule has 8 rings (SSSR count). The highest BCUT2D eigenvalue weighted by molar-refractivity contribution is 6.54. The van der Waals surface area contributed by atoms with Crippen molar-refractivity contribution in [2.45, 2.75) is 30.5 Å². The summed E-state index contributed by atoms with van der Waals surface area (Å²) in [7, 11) is 0. The summed E-state index contributed by atoms with van der Waals surface area (Å²) in [5, 5.41) is 0. The lowest BCUT2D eigenvalue weighted by atomic mass is 9.95. The Kier molecular flexibility index (Phi) is 10.2. The lowest BCUT2D eigenvalue weighted by Crippen LogP contribution is -2.34. The Labute approximate surface area is 344 Å². The van der Waals surface area contributed by atoms with Crippen molar-refractivity contribution in [3.8, 4) is 33.9 Å². The van der Waals surface area contributed by atoms with Crippen LogP contribution >= 0.6 is 0 Å². The normalized spacial score (nSPS) is 14.5. The molecule has 0 radical (unpaired) electrons. The van der Waals surface area contributed by atoms with E-state index >= 15 is 26.3 Å². The Morgan fingerprint density at radius 1 is 0.403 bits per heavy atom. The van der Waals surface area contributed by atoms with E-state index in [0.717, 1.165) is 4.57 Å². The Bertz CT molecular complexity index is 2770. The first-order chi connectivity index (χ1) is 29.3. The maximum atomic E-state index is 15.5. The Balaban J connectivity index is 1.65. The number of aromatic nitrogens is 2. The standard InChI is InChI=1S/C46H26F12N4/c47-42(48,49)31-21-23-33(35(25-31)44(53,54)55)41-59-39(29-17-9-3-10-18-29)40(30-19-11-4-12-20-30)62(41)46(34-24-22-32(43(50,51)52)26-36(34)45(56,57)58)60-37(27-13-5-1-6-14-27)38(61-46)28-15-7-2-8-16-28/h1-26H. The average Bonchev–Trinajstić information content (AvgIpc) is 3.85. The van der Waals surface area contributed by atoms with Gasteiger partial charge in [-0.1, -0.05) is 133 Å². The van der Waals surface area contributed by atoms with Gasteiger partial charge < -0.3 is 0 Å². The van der Waals surface area contributed by atoms with Crippen LogP contribution in [0.3, 0.4) is 0 Å². The molecule has 0 unspecified atom stereocenters. The van der Waals surface area contributed by atoms with Gasteiger partial charge in [-0.3, -0.25) is 4.57 Å². The lowest BCUT2D eigenvalue weighted by Gasteiger charge is -2.32. The molecule has 0 fully saturated rings. The van der Waals surface area contributed by atoms with Gasteiger partial charge in [-0.25, -0.2) is 15.0 Å². The number of rotatable bonds is 7. The topological polar surface area (TPSA) is 42.5 Å². The monoisotopic (exact) mass is 862 g/mol. The summed E-state index contributed by atoms with van der Waals surface area (Å²) in [6.07, 6.45) is -21.7. The first-order valence-electron chi connectivity index (χ1n) is 18.4. The molecule has 4 nitrogen and oxygen atoms in total. The molecule has 0 aliphatic carbocycles. The van der Waals surface area contributed by atoms with Crippen LogP contribution in [0, 0.1) is 0 Å². The molecule has 0 saturated heterocycles. The van der Waals surface area contributed by atoms with Gasteiger partial charge in [0.2, 0.25) is 0 Å². The first kappa shape index (κ1) is 41.8. The van der Waals surface area contributed by atoms with Crippen LogP contribution in [0.25, 0.3) is 33.9 Å². The van der Waals surface area contributed by atoms with Crippen molar-refractivity contribution in [2.75, 3.05) is 0 Å². The minimum atomic E-state index is -5.58. The van der Waals surface area contributed by atoms with Gasteiger partial charge >= 0.3 is 24.7 Å². The molecule has 1 aliphatic rings. The summed E-state index contributed by atoms with van der Waals surface area (Å²) in [6.45, 7) is 0. The SMILES string of the molecule is FC(F)(F)c1ccc(-c2nc(-c3ccccc3)c(-c3ccccc3)n2C2(c3ccc(C(F)(F)F)cc3C(F)(F)F)N=C(c3ccccc3)C(c3ccccc3)=N2)c(C(F)(F)F)c1. The molecule has 0 spiro atoms. The van der Waals surface area contributed by atoms with Crippen LogP contribution in [-0.4, -0.2) is 21.0 Å². The molecule has 0 amide bonds. The predicted molar refractivity (Wildman–Crippen MR) is 208 cm³/mol. The van der Waals surface area contributed by atoms with Crippen molar-refractivity contribution < 1.29 is 52.7 Å². The van der Waals surface area contributed by atoms with E-state index in [2.05, 4.69) is 4.98 Å². The fourth-order valence-electron chi connectivity index (χ4n) is 7.34. The van der Waals surface area contributed by atoms with Crippen LogP contribution < -0.4 is 0 Å². The summed E-state index contributed by atoms with van der Waals surface area (Å²) in [4.78, 5) is 14.4. The molecule has 0 bridgehead atoms. The van der Waals surface area contributed by atoms with E-state index in [1.165, 1.54) is 60.7 Å². The fourth-order valence-corrected chi connectivity index (χ4v) is 7.34. The zero-order chi connectivity index (χ0) is 44.2. The van der Waals surface area contributed by atoms with Crippen molar-refractivity contribution in [1.29, 1.82) is 0 Å². The van der Waals surface area contributed by atoms with Crippen LogP contribution in [0.1, 0.15) is 38.9 Å². The van der Waals surface area contributed by atoms with Gasteiger partial charge in [0.05, 0.1) is 45.1 Å². The third kappa shape index (κ3) is 7.65. The summed E-state index contributed by atoms with van der Waals surface area (Å²) in [6, 6.07) is 32.3. The van der Waals surface area contributed by atoms with Gasteiger partial charge in [-0.15, -0.1) is 0 Å². The van der Waals surface area contributed by atoms with Crippen molar-refractivity contribution in [3.05, 3.63) is 197 Å². The summed E-state index contributed by atoms with van der Waals surface area (Å²) in [5.41, 5.74) is -9.07. The molecule has 1 aliphatic heterocycles. The van der Waals surface area contributed by atoms with Crippen molar-refractivity contribution in [2.24, 2.45) is 9.98 Å². The minimum Gasteiger partial charge on any atom is -0.275 e. The van der Waals surface area contributed by atoms with E-state index in [1.807, 2.05) is 0 Å². The van der Waals surface area contributed by atoms with Gasteiger partial charge in [-0.05, 0) is 24.3 Å². The Hall–Kier alpha value is -6.97. The highest BCUT2D eigenvalue weighted by Gasteiger charge is 2.51. The van der Waals surface area contributed by atoms with E-state index in [-0.39, 0.29) is 57.2 Å². The fraction of sp³-hybridized carbons (Fsp3) is 0.109. The molecule has 62 heavy (non-hydrogen) atoms. The van der Waals surface area contributed by atoms with E-state index < -0.39 is 69.7 Å². The number of hydrogen-bond donors (Lipinski definition) is 0. The van der Waals surface area contributed by atoms with Gasteiger partial charge in [0, 0.05) is 33.4 Å². The summed E-state index contributed by atoms with van der Waals surface area (Å²) in [5.74, 6) is -3.87. The highest BCUT2D eigenvalue weighted by atomic mass is 19.4. The van der Waals surface area contributed by atoms with Gasteiger partial charge in [0.1, 0.15) is 5.82 Å². The predicted octanol–water partition coefficient (Wildman–Crippen LogP) is 13.6. The van der Waals surface area contributed by atoms with Crippen molar-refractivity contribution in [1.82, 2.24) is 9.55 Å². The van der Waals surface area contributed by atoms with Gasteiger partial charge in [0.25, 0.3) is 5.79 Å². The number of nitrogens with zero attached hydrogens (tertiary/aromatic N) is 4. The maximum absolute atomic E-state index is 15.5. The second-order valence-corrected chi connectivity index (χ2v) is 14.0. The van der Waals surface area contributed by atoms with E-state index in [4.69, 9.17) is 9.98 Å². The van der Waals surface area contributed by atoms with E-state index in [0.29, 0.717) is 24.3 Å². The number of hydrogen-bond acceptors (Lipinski definition) is 3. The number of halogens is 12. The van der Waals surface area contributed by atoms with Crippen LogP contribution in [0.15, 0.2) is 168 Å². The van der Waals surface area contributed by atoms with Crippen LogP contribution in [0.2, 0.25) is 0 Å². The molecule has 1 aromatic heterocycles. The van der Waals surface area contributed by atoms with Gasteiger partial charge in [0.15, 0.2) is 0 Å². The molecule has 6 aromatic carbocycles. The summed E-state index contributed by atoms with van der Waals surface area (Å²) >= 11 is 0. The molecule has 0 atom stereocenters. The Morgan fingerprint density at radius 2 is 0.806 bits per heavy atom. The number of benzene rings is 6. The van der Waals surface area contributed by atoms with Crippen molar-refractivity contribution in [3.63, 3.8) is 0 Å². The zero-order valence-electron chi connectivity index (χ0n) is 31.3. The molecule has 314 valence electrons. The van der Waals surface area contributed by atoms with Crippen LogP contribution in [0.5, 0.6) is 0 Å². The third-order valence-corrected chi connectivity index (χ3v) is 10.0. The first-order valence-corrected chi connectivity index (χ1v) is 18.4. The van der Waals surface area contributed by atoms with E-state index in [1.54, 1.807) is 60.7 Å². The quantitative estimate of drug-likeness (QED) is 0.147. The zero-order valence-corrected chi connectivity index (χ0v) is 31.3. The Morgan fingerprint density at radius 3 is 1.24 bits per heavy atom. The number of aliphatic imine (C=N–C) groups is 2. The maximum Gasteiger partial charge on any atom is 0.417 e.